The summed E-state index contributed by atoms with van der Waals surface area (Å²) in [5.41, 5.74) is 1.71. The van der Waals surface area contributed by atoms with Crippen LogP contribution in [0.5, 0.6) is 11.5 Å². The van der Waals surface area contributed by atoms with E-state index in [1.165, 1.54) is 6.07 Å². The van der Waals surface area contributed by atoms with Crippen molar-refractivity contribution >= 4 is 58.0 Å². The summed E-state index contributed by atoms with van der Waals surface area (Å²) in [6, 6.07) is 16.5. The maximum Gasteiger partial charge on any atom is 0.266 e. The van der Waals surface area contributed by atoms with Crippen molar-refractivity contribution in [2.45, 2.75) is 31.9 Å². The van der Waals surface area contributed by atoms with Crippen LogP contribution in [-0.2, 0) is 14.4 Å². The summed E-state index contributed by atoms with van der Waals surface area (Å²) >= 11 is 18.3. The quantitative estimate of drug-likeness (QED) is 0.215. The smallest absolute Gasteiger partial charge is 0.266 e. The lowest BCUT2D eigenvalue weighted by Crippen LogP contribution is -2.37. The Balaban J connectivity index is 1.55. The highest BCUT2D eigenvalue weighted by molar-refractivity contribution is 6.42. The number of nitrogens with zero attached hydrogens (tertiary/aromatic N) is 2. The Morgan fingerprint density at radius 3 is 2.29 bits per heavy atom. The van der Waals surface area contributed by atoms with Gasteiger partial charge in [-0.05, 0) is 66.6 Å². The molecule has 0 unspecified atom stereocenters. The molecule has 10 heteroatoms. The third-order valence-electron chi connectivity index (χ3n) is 6.64. The number of unbranched alkanes of at least 4 members (excludes halogenated alkanes) is 1. The molecule has 2 heterocycles. The van der Waals surface area contributed by atoms with Crippen LogP contribution < -0.4 is 19.4 Å². The molecule has 0 radical (unpaired) electrons. The molecule has 2 fully saturated rings. The van der Waals surface area contributed by atoms with Gasteiger partial charge >= 0.3 is 0 Å². The highest BCUT2D eigenvalue weighted by atomic mass is 35.5. The Hall–Kier alpha value is -2.97. The minimum atomic E-state index is -1.04. The number of imide groups is 1. The van der Waals surface area contributed by atoms with Crippen molar-refractivity contribution < 1.29 is 23.9 Å². The average Bonchev–Trinajstić information content (AvgIpc) is 3.42. The number of halogens is 3. The van der Waals surface area contributed by atoms with E-state index in [1.807, 2.05) is 18.2 Å². The Bertz CT molecular complexity index is 1370. The van der Waals surface area contributed by atoms with Crippen LogP contribution in [0.4, 0.5) is 11.4 Å². The maximum atomic E-state index is 13.8. The average molecular weight is 576 g/mol. The zero-order valence-corrected chi connectivity index (χ0v) is 23.0. The second-order valence-corrected chi connectivity index (χ2v) is 10.3. The van der Waals surface area contributed by atoms with E-state index < -0.39 is 29.9 Å². The van der Waals surface area contributed by atoms with E-state index in [0.29, 0.717) is 39.5 Å². The van der Waals surface area contributed by atoms with E-state index in [0.717, 1.165) is 23.3 Å². The van der Waals surface area contributed by atoms with Crippen molar-refractivity contribution in [2.24, 2.45) is 5.92 Å². The number of fused-ring (bicyclic) bond motifs is 1. The van der Waals surface area contributed by atoms with Gasteiger partial charge in [-0.3, -0.25) is 14.4 Å². The summed E-state index contributed by atoms with van der Waals surface area (Å²) in [7, 11) is 1.56. The summed E-state index contributed by atoms with van der Waals surface area (Å²) < 4.78 is 11.5. The SMILES string of the molecule is CCCCOc1ccc([C@@H]2[C@@H]3C(=O)N(c4ccc(Cl)c(Cl)c4)C(=O)[C@H]3ON2c2ccc(Cl)cc2)cc1OC. The number of hydrogen-bond acceptors (Lipinski definition) is 6. The van der Waals surface area contributed by atoms with Gasteiger partial charge in [0.05, 0.1) is 41.2 Å². The van der Waals surface area contributed by atoms with Crippen LogP contribution in [0, 0.1) is 5.92 Å². The fourth-order valence-electron chi connectivity index (χ4n) is 4.76. The zero-order valence-electron chi connectivity index (χ0n) is 20.7. The number of ether oxygens (including phenoxy) is 2. The fourth-order valence-corrected chi connectivity index (χ4v) is 5.18. The zero-order chi connectivity index (χ0) is 27.0. The fraction of sp³-hybridized carbons (Fsp3) is 0.286. The summed E-state index contributed by atoms with van der Waals surface area (Å²) in [5, 5.41) is 2.72. The first-order chi connectivity index (χ1) is 18.3. The molecular weight excluding hydrogens is 551 g/mol. The van der Waals surface area contributed by atoms with Gasteiger partial charge in [0.1, 0.15) is 5.92 Å². The number of carbonyl (C=O) groups excluding carboxylic acids is 2. The topological polar surface area (TPSA) is 68.3 Å². The highest BCUT2D eigenvalue weighted by Crippen LogP contribution is 2.49. The van der Waals surface area contributed by atoms with E-state index in [4.69, 9.17) is 49.1 Å². The van der Waals surface area contributed by atoms with Crippen molar-refractivity contribution in [3.05, 3.63) is 81.3 Å². The summed E-state index contributed by atoms with van der Waals surface area (Å²) in [6.07, 6.45) is 0.880. The lowest BCUT2D eigenvalue weighted by atomic mass is 9.90. The molecule has 2 saturated heterocycles. The first-order valence-corrected chi connectivity index (χ1v) is 13.3. The molecule has 198 valence electrons. The van der Waals surface area contributed by atoms with Gasteiger partial charge in [-0.1, -0.05) is 54.2 Å². The maximum absolute atomic E-state index is 13.8. The third-order valence-corrected chi connectivity index (χ3v) is 7.63. The predicted octanol–water partition coefficient (Wildman–Crippen LogP) is 6.89. The number of hydrogen-bond donors (Lipinski definition) is 0. The molecule has 0 saturated carbocycles. The first kappa shape index (κ1) is 26.6. The molecule has 0 aliphatic carbocycles. The van der Waals surface area contributed by atoms with Crippen LogP contribution in [0.15, 0.2) is 60.7 Å². The molecule has 3 aromatic rings. The number of benzene rings is 3. The summed E-state index contributed by atoms with van der Waals surface area (Å²) in [5.74, 6) is -0.585. The van der Waals surface area contributed by atoms with Gasteiger partial charge < -0.3 is 9.47 Å². The van der Waals surface area contributed by atoms with Crippen LogP contribution in [-0.4, -0.2) is 31.6 Å². The van der Waals surface area contributed by atoms with E-state index in [1.54, 1.807) is 48.6 Å². The molecule has 5 rings (SSSR count). The Morgan fingerprint density at radius 1 is 0.868 bits per heavy atom. The van der Waals surface area contributed by atoms with E-state index in [-0.39, 0.29) is 5.02 Å². The van der Waals surface area contributed by atoms with Crippen molar-refractivity contribution in [1.29, 1.82) is 0 Å². The number of carbonyl (C=O) groups is 2. The van der Waals surface area contributed by atoms with Gasteiger partial charge in [0.15, 0.2) is 17.6 Å². The van der Waals surface area contributed by atoms with Crippen LogP contribution in [0.3, 0.4) is 0 Å². The molecule has 7 nitrogen and oxygen atoms in total. The van der Waals surface area contributed by atoms with E-state index in [2.05, 4.69) is 6.92 Å². The summed E-state index contributed by atoms with van der Waals surface area (Å²) in [4.78, 5) is 34.7. The van der Waals surface area contributed by atoms with Gasteiger partial charge in [-0.15, -0.1) is 0 Å². The summed E-state index contributed by atoms with van der Waals surface area (Å²) in [6.45, 7) is 2.65. The lowest BCUT2D eigenvalue weighted by Gasteiger charge is -2.29. The Morgan fingerprint density at radius 2 is 1.61 bits per heavy atom. The normalized spacial score (nSPS) is 20.7. The molecular formula is C28H25Cl3N2O5. The van der Waals surface area contributed by atoms with Gasteiger partial charge in [-0.2, -0.15) is 0 Å². The van der Waals surface area contributed by atoms with Gasteiger partial charge in [0.2, 0.25) is 5.91 Å². The number of anilines is 2. The first-order valence-electron chi connectivity index (χ1n) is 12.2. The van der Waals surface area contributed by atoms with Gasteiger partial charge in [0, 0.05) is 5.02 Å². The molecule has 2 aliphatic heterocycles. The van der Waals surface area contributed by atoms with Crippen LogP contribution in [0.1, 0.15) is 31.4 Å². The highest BCUT2D eigenvalue weighted by Gasteiger charge is 2.60. The Labute approximate surface area is 235 Å². The number of amides is 2. The monoisotopic (exact) mass is 574 g/mol. The molecule has 0 N–H and O–H groups in total. The third kappa shape index (κ3) is 4.80. The van der Waals surface area contributed by atoms with Crippen molar-refractivity contribution in [1.82, 2.24) is 0 Å². The number of methoxy groups -OCH3 is 1. The van der Waals surface area contributed by atoms with Crippen LogP contribution in [0.2, 0.25) is 15.1 Å². The standard InChI is InChI=1S/C28H25Cl3N2O5/c1-3-4-13-37-22-12-5-16(14-23(22)36-2)25-24-26(38-33(25)18-8-6-17(29)7-9-18)28(35)32(27(24)34)19-10-11-20(30)21(31)15-19/h5-12,14-15,24-26H,3-4,13H2,1-2H3/t24-,25+,26-/m0/s1. The van der Waals surface area contributed by atoms with E-state index >= 15 is 0 Å². The molecule has 0 bridgehead atoms. The number of hydroxylamine groups is 1. The second kappa shape index (κ2) is 11.0. The molecule has 3 atom stereocenters. The van der Waals surface area contributed by atoms with Crippen LogP contribution in [0.25, 0.3) is 0 Å². The molecule has 2 amide bonds. The lowest BCUT2D eigenvalue weighted by molar-refractivity contribution is -0.126. The van der Waals surface area contributed by atoms with Gasteiger partial charge in [-0.25, -0.2) is 9.96 Å². The second-order valence-electron chi connectivity index (χ2n) is 9.02. The minimum absolute atomic E-state index is 0.241. The molecule has 0 spiro atoms. The van der Waals surface area contributed by atoms with E-state index in [9.17, 15) is 9.59 Å². The van der Waals surface area contributed by atoms with Gasteiger partial charge in [0.25, 0.3) is 5.91 Å². The molecule has 0 aromatic heterocycles. The van der Waals surface area contributed by atoms with Crippen molar-refractivity contribution in [3.63, 3.8) is 0 Å². The predicted molar refractivity (Wildman–Crippen MR) is 147 cm³/mol. The number of rotatable bonds is 8. The minimum Gasteiger partial charge on any atom is -0.493 e. The van der Waals surface area contributed by atoms with Crippen molar-refractivity contribution in [2.75, 3.05) is 23.7 Å². The molecule has 38 heavy (non-hydrogen) atoms. The largest absolute Gasteiger partial charge is 0.493 e. The molecule has 2 aliphatic rings. The Kier molecular flexibility index (Phi) is 7.73. The van der Waals surface area contributed by atoms with Crippen molar-refractivity contribution in [3.8, 4) is 11.5 Å². The molecule has 3 aromatic carbocycles. The van der Waals surface area contributed by atoms with Crippen LogP contribution >= 0.6 is 34.8 Å².